The molecule has 23 heavy (non-hydrogen) atoms. The Morgan fingerprint density at radius 3 is 2.17 bits per heavy atom. The van der Waals surface area contributed by atoms with Crippen molar-refractivity contribution in [2.75, 3.05) is 39.3 Å². The van der Waals surface area contributed by atoms with Crippen molar-refractivity contribution in [3.05, 3.63) is 0 Å². The Morgan fingerprint density at radius 1 is 1.04 bits per heavy atom. The SMILES string of the molecule is C[C@@H]1CC[C@H](C)N1CCN1CCN(C(=O)CC2(N)CCC2)CC1. The number of hydrogen-bond donors (Lipinski definition) is 1. The molecule has 2 atom stereocenters. The Bertz CT molecular complexity index is 405. The van der Waals surface area contributed by atoms with Gasteiger partial charge in [0.1, 0.15) is 0 Å². The molecule has 0 radical (unpaired) electrons. The second kappa shape index (κ2) is 7.08. The maximum Gasteiger partial charge on any atom is 0.224 e. The molecule has 2 aliphatic heterocycles. The third-order valence-electron chi connectivity index (χ3n) is 6.39. The summed E-state index contributed by atoms with van der Waals surface area (Å²) in [6, 6.07) is 1.46. The largest absolute Gasteiger partial charge is 0.340 e. The number of nitrogens with two attached hydrogens (primary N) is 1. The Balaban J connectivity index is 1.37. The average Bonchev–Trinajstić information content (AvgIpc) is 2.83. The van der Waals surface area contributed by atoms with Crippen molar-refractivity contribution >= 4 is 5.91 Å². The van der Waals surface area contributed by atoms with Gasteiger partial charge in [-0.2, -0.15) is 0 Å². The van der Waals surface area contributed by atoms with Gasteiger partial charge in [0.25, 0.3) is 0 Å². The lowest BCUT2D eigenvalue weighted by molar-refractivity contribution is -0.135. The van der Waals surface area contributed by atoms with Crippen molar-refractivity contribution in [3.63, 3.8) is 0 Å². The molecule has 1 amide bonds. The number of rotatable bonds is 5. The van der Waals surface area contributed by atoms with Gasteiger partial charge >= 0.3 is 0 Å². The van der Waals surface area contributed by atoms with Crippen molar-refractivity contribution in [1.29, 1.82) is 0 Å². The molecule has 3 aliphatic rings. The van der Waals surface area contributed by atoms with E-state index in [4.69, 9.17) is 5.73 Å². The molecule has 5 heteroatoms. The Kier molecular flexibility index (Phi) is 5.29. The average molecular weight is 322 g/mol. The van der Waals surface area contributed by atoms with Gasteiger partial charge in [-0.1, -0.05) is 0 Å². The summed E-state index contributed by atoms with van der Waals surface area (Å²) in [6.07, 6.45) is 6.45. The number of piperazine rings is 1. The lowest BCUT2D eigenvalue weighted by atomic mass is 9.75. The molecule has 2 saturated heterocycles. The third-order valence-corrected chi connectivity index (χ3v) is 6.39. The number of hydrogen-bond acceptors (Lipinski definition) is 4. The first-order valence-corrected chi connectivity index (χ1v) is 9.52. The van der Waals surface area contributed by atoms with Crippen LogP contribution >= 0.6 is 0 Å². The number of carbonyl (C=O) groups is 1. The quantitative estimate of drug-likeness (QED) is 0.828. The summed E-state index contributed by atoms with van der Waals surface area (Å²) in [5, 5.41) is 0. The molecule has 0 aromatic rings. The van der Waals surface area contributed by atoms with Gasteiger partial charge in [-0.05, 0) is 46.0 Å². The molecule has 1 aliphatic carbocycles. The van der Waals surface area contributed by atoms with Crippen LogP contribution in [0.3, 0.4) is 0 Å². The molecular formula is C18H34N4O. The van der Waals surface area contributed by atoms with E-state index in [0.29, 0.717) is 6.42 Å². The minimum Gasteiger partial charge on any atom is -0.340 e. The molecule has 2 heterocycles. The summed E-state index contributed by atoms with van der Waals surface area (Å²) in [6.45, 7) is 10.8. The van der Waals surface area contributed by atoms with Crippen LogP contribution in [0, 0.1) is 0 Å². The molecule has 0 spiro atoms. The zero-order valence-corrected chi connectivity index (χ0v) is 15.0. The monoisotopic (exact) mass is 322 g/mol. The van der Waals surface area contributed by atoms with Gasteiger partial charge in [-0.3, -0.25) is 14.6 Å². The molecule has 0 aromatic heterocycles. The highest BCUT2D eigenvalue weighted by Crippen LogP contribution is 2.32. The lowest BCUT2D eigenvalue weighted by Crippen LogP contribution is -2.54. The van der Waals surface area contributed by atoms with Crippen molar-refractivity contribution in [2.45, 2.75) is 70.0 Å². The standard InChI is InChI=1S/C18H34N4O/c1-15-4-5-16(2)22(15)13-10-20-8-11-21(12-9-20)17(23)14-18(19)6-3-7-18/h15-16H,3-14,19H2,1-2H3/t15-,16+. The van der Waals surface area contributed by atoms with Crippen LogP contribution in [0.25, 0.3) is 0 Å². The zero-order chi connectivity index (χ0) is 16.4. The first-order valence-electron chi connectivity index (χ1n) is 9.52. The molecule has 3 fully saturated rings. The Labute approximate surface area is 141 Å². The number of nitrogens with zero attached hydrogens (tertiary/aromatic N) is 3. The molecule has 0 bridgehead atoms. The van der Waals surface area contributed by atoms with E-state index < -0.39 is 0 Å². The Hall–Kier alpha value is -0.650. The maximum absolute atomic E-state index is 12.4. The van der Waals surface area contributed by atoms with Crippen LogP contribution in [0.5, 0.6) is 0 Å². The van der Waals surface area contributed by atoms with E-state index in [1.54, 1.807) is 0 Å². The van der Waals surface area contributed by atoms with Crippen LogP contribution in [-0.4, -0.2) is 77.5 Å². The summed E-state index contributed by atoms with van der Waals surface area (Å²) < 4.78 is 0. The van der Waals surface area contributed by atoms with E-state index in [-0.39, 0.29) is 11.4 Å². The first kappa shape index (κ1) is 17.2. The van der Waals surface area contributed by atoms with Gasteiger partial charge in [-0.15, -0.1) is 0 Å². The summed E-state index contributed by atoms with van der Waals surface area (Å²) in [4.78, 5) is 19.6. The van der Waals surface area contributed by atoms with E-state index in [1.807, 2.05) is 4.90 Å². The molecule has 2 N–H and O–H groups in total. The normalized spacial score (nSPS) is 32.0. The minimum absolute atomic E-state index is 0.184. The van der Waals surface area contributed by atoms with E-state index in [2.05, 4.69) is 23.6 Å². The smallest absolute Gasteiger partial charge is 0.224 e. The van der Waals surface area contributed by atoms with Crippen LogP contribution in [0.2, 0.25) is 0 Å². The molecule has 5 nitrogen and oxygen atoms in total. The first-order chi connectivity index (χ1) is 11.0. The highest BCUT2D eigenvalue weighted by molar-refractivity contribution is 5.77. The number of likely N-dealkylation sites (tertiary alicyclic amines) is 1. The van der Waals surface area contributed by atoms with Crippen LogP contribution in [0.1, 0.15) is 52.4 Å². The van der Waals surface area contributed by atoms with Gasteiger partial charge in [0.2, 0.25) is 5.91 Å². The minimum atomic E-state index is -0.184. The van der Waals surface area contributed by atoms with E-state index in [9.17, 15) is 4.79 Å². The maximum atomic E-state index is 12.4. The van der Waals surface area contributed by atoms with Gasteiger partial charge in [0.15, 0.2) is 0 Å². The fourth-order valence-electron chi connectivity index (χ4n) is 4.39. The predicted octanol–water partition coefficient (Wildman–Crippen LogP) is 1.27. The van der Waals surface area contributed by atoms with Gasteiger partial charge < -0.3 is 10.6 Å². The van der Waals surface area contributed by atoms with Gasteiger partial charge in [0, 0.05) is 63.3 Å². The fourth-order valence-corrected chi connectivity index (χ4v) is 4.39. The zero-order valence-electron chi connectivity index (χ0n) is 15.0. The highest BCUT2D eigenvalue weighted by atomic mass is 16.2. The number of carbonyl (C=O) groups excluding carboxylic acids is 1. The predicted molar refractivity (Wildman–Crippen MR) is 93.3 cm³/mol. The summed E-state index contributed by atoms with van der Waals surface area (Å²) in [7, 11) is 0. The van der Waals surface area contributed by atoms with Crippen LogP contribution in [0.15, 0.2) is 0 Å². The molecule has 1 saturated carbocycles. The van der Waals surface area contributed by atoms with E-state index >= 15 is 0 Å². The molecule has 0 aromatic carbocycles. The summed E-state index contributed by atoms with van der Waals surface area (Å²) in [5.74, 6) is 0.272. The lowest BCUT2D eigenvalue weighted by Gasteiger charge is -2.41. The van der Waals surface area contributed by atoms with Crippen molar-refractivity contribution in [3.8, 4) is 0 Å². The van der Waals surface area contributed by atoms with Gasteiger partial charge in [0.05, 0.1) is 0 Å². The van der Waals surface area contributed by atoms with Crippen molar-refractivity contribution < 1.29 is 4.79 Å². The Morgan fingerprint density at radius 2 is 1.65 bits per heavy atom. The highest BCUT2D eigenvalue weighted by Gasteiger charge is 2.36. The number of amides is 1. The van der Waals surface area contributed by atoms with Crippen LogP contribution < -0.4 is 5.73 Å². The van der Waals surface area contributed by atoms with Crippen LogP contribution in [-0.2, 0) is 4.79 Å². The molecular weight excluding hydrogens is 288 g/mol. The molecule has 3 rings (SSSR count). The second-order valence-electron chi connectivity index (χ2n) is 8.13. The second-order valence-corrected chi connectivity index (χ2v) is 8.13. The van der Waals surface area contributed by atoms with Crippen molar-refractivity contribution in [2.24, 2.45) is 5.73 Å². The van der Waals surface area contributed by atoms with Crippen molar-refractivity contribution in [1.82, 2.24) is 14.7 Å². The van der Waals surface area contributed by atoms with Crippen LogP contribution in [0.4, 0.5) is 0 Å². The summed E-state index contributed by atoms with van der Waals surface area (Å²) >= 11 is 0. The van der Waals surface area contributed by atoms with E-state index in [0.717, 1.165) is 57.6 Å². The topological polar surface area (TPSA) is 52.8 Å². The third kappa shape index (κ3) is 4.06. The summed E-state index contributed by atoms with van der Waals surface area (Å²) in [5.41, 5.74) is 6.03. The van der Waals surface area contributed by atoms with Gasteiger partial charge in [-0.25, -0.2) is 0 Å². The molecule has 0 unspecified atom stereocenters. The molecule has 132 valence electrons. The fraction of sp³-hybridized carbons (Fsp3) is 0.944. The van der Waals surface area contributed by atoms with E-state index in [1.165, 1.54) is 25.8 Å².